The van der Waals surface area contributed by atoms with E-state index in [0.29, 0.717) is 0 Å². The lowest BCUT2D eigenvalue weighted by Crippen LogP contribution is -2.22. The van der Waals surface area contributed by atoms with Crippen LogP contribution >= 0.6 is 0 Å². The molecule has 1 aliphatic carbocycles. The van der Waals surface area contributed by atoms with Gasteiger partial charge in [-0.25, -0.2) is 0 Å². The van der Waals surface area contributed by atoms with Crippen LogP contribution in [-0.4, -0.2) is 0 Å². The molecule has 1 heteroatoms. The Morgan fingerprint density at radius 3 is 1.76 bits per heavy atom. The Labute approximate surface area is 353 Å². The van der Waals surface area contributed by atoms with Gasteiger partial charge < -0.3 is 4.90 Å². The van der Waals surface area contributed by atoms with Gasteiger partial charge in [0.05, 0.1) is 0 Å². The number of benzene rings is 6. The van der Waals surface area contributed by atoms with Crippen molar-refractivity contribution < 1.29 is 0 Å². The van der Waals surface area contributed by atoms with Crippen molar-refractivity contribution in [2.75, 3.05) is 4.90 Å². The number of hydrogen-bond acceptors (Lipinski definition) is 1. The monoisotopic (exact) mass is 765 g/mol. The Kier molecular flexibility index (Phi) is 13.7. The number of nitrogens with zero attached hydrogens (tertiary/aromatic N) is 1. The molecule has 0 bridgehead atoms. The Morgan fingerprint density at radius 1 is 0.627 bits per heavy atom. The number of anilines is 2. The average Bonchev–Trinajstić information content (AvgIpc) is 3.48. The van der Waals surface area contributed by atoms with E-state index in [9.17, 15) is 0 Å². The minimum absolute atomic E-state index is 0.229. The topological polar surface area (TPSA) is 3.24 Å². The van der Waals surface area contributed by atoms with Crippen LogP contribution in [0.3, 0.4) is 0 Å². The van der Waals surface area contributed by atoms with E-state index >= 15 is 0 Å². The van der Waals surface area contributed by atoms with E-state index in [1.807, 2.05) is 12.2 Å². The molecule has 7 rings (SSSR count). The summed E-state index contributed by atoms with van der Waals surface area (Å²) in [6, 6.07) is 56.2. The van der Waals surface area contributed by atoms with E-state index in [4.69, 9.17) is 0 Å². The van der Waals surface area contributed by atoms with Crippen LogP contribution in [0.2, 0.25) is 0 Å². The van der Waals surface area contributed by atoms with Gasteiger partial charge >= 0.3 is 0 Å². The Bertz CT molecular complexity index is 2500. The van der Waals surface area contributed by atoms with Crippen LogP contribution < -0.4 is 4.90 Å². The van der Waals surface area contributed by atoms with Crippen LogP contribution in [0.1, 0.15) is 61.1 Å². The van der Waals surface area contributed by atoms with E-state index in [1.54, 1.807) is 12.2 Å². The summed E-state index contributed by atoms with van der Waals surface area (Å²) in [5, 5.41) is 0. The van der Waals surface area contributed by atoms with E-state index in [2.05, 4.69) is 235 Å². The van der Waals surface area contributed by atoms with Crippen molar-refractivity contribution in [3.05, 3.63) is 271 Å². The van der Waals surface area contributed by atoms with Crippen LogP contribution in [0.25, 0.3) is 28.3 Å². The molecule has 0 fully saturated rings. The van der Waals surface area contributed by atoms with Gasteiger partial charge in [-0.2, -0.15) is 0 Å². The van der Waals surface area contributed by atoms with Crippen molar-refractivity contribution in [1.29, 1.82) is 0 Å². The third-order valence-electron chi connectivity index (χ3n) is 11.1. The van der Waals surface area contributed by atoms with E-state index in [0.717, 1.165) is 29.1 Å². The van der Waals surface area contributed by atoms with Crippen LogP contribution in [0.15, 0.2) is 237 Å². The minimum Gasteiger partial charge on any atom is -0.310 e. The first-order valence-electron chi connectivity index (χ1n) is 20.3. The summed E-state index contributed by atoms with van der Waals surface area (Å²) in [4.78, 5) is 2.32. The molecule has 0 unspecified atom stereocenters. The van der Waals surface area contributed by atoms with Crippen molar-refractivity contribution in [2.45, 2.75) is 39.5 Å². The molecular weight excluding hydrogens is 711 g/mol. The molecule has 1 aliphatic rings. The van der Waals surface area contributed by atoms with Gasteiger partial charge in [0.25, 0.3) is 0 Å². The summed E-state index contributed by atoms with van der Waals surface area (Å²) in [6.07, 6.45) is 14.7. The maximum absolute atomic E-state index is 4.35. The molecule has 0 saturated carbocycles. The summed E-state index contributed by atoms with van der Waals surface area (Å²) in [6.45, 7) is 24.4. The van der Waals surface area contributed by atoms with Gasteiger partial charge in [0.2, 0.25) is 0 Å². The molecule has 1 nitrogen and oxygen atoms in total. The number of fused-ring (bicyclic) bond motifs is 1. The molecule has 0 N–H and O–H groups in total. The van der Waals surface area contributed by atoms with E-state index in [-0.39, 0.29) is 5.41 Å². The highest BCUT2D eigenvalue weighted by Gasteiger charge is 2.38. The molecule has 0 radical (unpaired) electrons. The first kappa shape index (κ1) is 41.7. The van der Waals surface area contributed by atoms with Gasteiger partial charge in [0.15, 0.2) is 0 Å². The minimum atomic E-state index is -0.229. The molecular formula is C58H55N. The van der Waals surface area contributed by atoms with E-state index < -0.39 is 0 Å². The van der Waals surface area contributed by atoms with Gasteiger partial charge in [-0.1, -0.05) is 210 Å². The number of allylic oxidation sites excluding steroid dienone is 10. The largest absolute Gasteiger partial charge is 0.310 e. The first-order chi connectivity index (χ1) is 28.7. The summed E-state index contributed by atoms with van der Waals surface area (Å²) in [7, 11) is 0. The third kappa shape index (κ3) is 9.27. The summed E-state index contributed by atoms with van der Waals surface area (Å²) < 4.78 is 0. The average molecular weight is 766 g/mol. The first-order valence-corrected chi connectivity index (χ1v) is 20.3. The Balaban J connectivity index is 0.00000140. The van der Waals surface area contributed by atoms with E-state index in [1.165, 1.54) is 61.2 Å². The highest BCUT2D eigenvalue weighted by molar-refractivity contribution is 5.88. The lowest BCUT2D eigenvalue weighted by molar-refractivity contribution is 0.644. The second-order valence-electron chi connectivity index (χ2n) is 15.2. The second-order valence-corrected chi connectivity index (χ2v) is 15.2. The maximum atomic E-state index is 4.35. The molecule has 0 aromatic heterocycles. The SMILES string of the molecule is C=C/C=C(/C=C/c1ccc2c(c1)C(C)(C)C(/C(C)=C(\C=C)N(c1ccccc1)c1ccccc1)=C2C)c1cccc(-c2ccccc2)c1Cc1ccccc1.C=CC=C. The third-order valence-corrected chi connectivity index (χ3v) is 11.1. The molecule has 0 aliphatic heterocycles. The molecule has 59 heavy (non-hydrogen) atoms. The number of hydrogen-bond donors (Lipinski definition) is 0. The normalized spacial score (nSPS) is 13.5. The van der Waals surface area contributed by atoms with Crippen LogP contribution in [0.5, 0.6) is 0 Å². The molecule has 6 aromatic carbocycles. The highest BCUT2D eigenvalue weighted by atomic mass is 15.1. The van der Waals surface area contributed by atoms with Gasteiger partial charge in [0.1, 0.15) is 0 Å². The number of rotatable bonds is 13. The van der Waals surface area contributed by atoms with Crippen molar-refractivity contribution in [2.24, 2.45) is 0 Å². The fourth-order valence-electron chi connectivity index (χ4n) is 8.40. The van der Waals surface area contributed by atoms with Gasteiger partial charge in [-0.05, 0) is 117 Å². The smallest absolute Gasteiger partial charge is 0.0488 e. The molecule has 0 heterocycles. The molecule has 0 atom stereocenters. The fraction of sp³-hybridized carbons (Fsp3) is 0.103. The van der Waals surface area contributed by atoms with Crippen LogP contribution in [0, 0.1) is 0 Å². The maximum Gasteiger partial charge on any atom is 0.0488 e. The van der Waals surface area contributed by atoms with Crippen molar-refractivity contribution in [3.63, 3.8) is 0 Å². The zero-order valence-electron chi connectivity index (χ0n) is 35.0. The Morgan fingerprint density at radius 2 is 1.20 bits per heavy atom. The van der Waals surface area contributed by atoms with Crippen LogP contribution in [-0.2, 0) is 11.8 Å². The molecule has 0 amide bonds. The van der Waals surface area contributed by atoms with Crippen molar-refractivity contribution in [1.82, 2.24) is 0 Å². The molecule has 6 aromatic rings. The zero-order chi connectivity index (χ0) is 41.8. The molecule has 0 spiro atoms. The molecule has 292 valence electrons. The highest BCUT2D eigenvalue weighted by Crippen LogP contribution is 2.50. The predicted octanol–water partition coefficient (Wildman–Crippen LogP) is 15.9. The number of para-hydroxylation sites is 2. The summed E-state index contributed by atoms with van der Waals surface area (Å²) >= 11 is 0. The van der Waals surface area contributed by atoms with Crippen molar-refractivity contribution >= 4 is 28.6 Å². The van der Waals surface area contributed by atoms with Gasteiger partial charge in [0, 0.05) is 22.5 Å². The quantitative estimate of drug-likeness (QED) is 0.106. The standard InChI is InChI=1S/C54H49N.C4H6/c1-7-22-43(48-31-21-32-49(44-25-15-10-16-26-44)50(48)37-41-23-13-9-14-24-41)35-33-42-34-36-47-39(3)53(54(5,6)51(47)38-42)40(4)52(8-2)55(45-27-17-11-18-28-45)46-29-19-12-20-30-46;1-3-4-2/h7-36,38H,1-2,37H2,3-6H3;3-4H,1-2H2/b35-33+,43-22-,52-40+;. The second kappa shape index (κ2) is 19.5. The van der Waals surface area contributed by atoms with Crippen molar-refractivity contribution in [3.8, 4) is 11.1 Å². The van der Waals surface area contributed by atoms with Gasteiger partial charge in [-0.3, -0.25) is 0 Å². The zero-order valence-corrected chi connectivity index (χ0v) is 35.0. The van der Waals surface area contributed by atoms with Gasteiger partial charge in [-0.15, -0.1) is 0 Å². The summed E-state index contributed by atoms with van der Waals surface area (Å²) in [5.74, 6) is 0. The Hall–Kier alpha value is -6.96. The lowest BCUT2D eigenvalue weighted by atomic mass is 9.77. The predicted molar refractivity (Wildman–Crippen MR) is 259 cm³/mol. The molecule has 0 saturated heterocycles. The summed E-state index contributed by atoms with van der Waals surface area (Å²) in [5.41, 5.74) is 18.1. The van der Waals surface area contributed by atoms with Crippen LogP contribution in [0.4, 0.5) is 11.4 Å². The lowest BCUT2D eigenvalue weighted by Gasteiger charge is -2.32. The fourth-order valence-corrected chi connectivity index (χ4v) is 8.40.